The van der Waals surface area contributed by atoms with E-state index in [9.17, 15) is 9.00 Å². The molecule has 2 rings (SSSR count). The molecule has 118 valence electrons. The van der Waals surface area contributed by atoms with Gasteiger partial charge in [0, 0.05) is 21.4 Å². The van der Waals surface area contributed by atoms with E-state index in [4.69, 9.17) is 5.11 Å². The van der Waals surface area contributed by atoms with Crippen LogP contribution in [0.3, 0.4) is 0 Å². The molecule has 2 N–H and O–H groups in total. The molecule has 2 aromatic rings. The van der Waals surface area contributed by atoms with Gasteiger partial charge in [0.2, 0.25) is 5.91 Å². The Morgan fingerprint density at radius 3 is 2.55 bits per heavy atom. The summed E-state index contributed by atoms with van der Waals surface area (Å²) in [5.41, 5.74) is 1.71. The van der Waals surface area contributed by atoms with Crippen LogP contribution < -0.4 is 5.32 Å². The Balaban J connectivity index is 1.86. The highest BCUT2D eigenvalue weighted by Gasteiger charge is 2.19. The minimum atomic E-state index is -1.27. The monoisotopic (exact) mass is 337 g/mol. The van der Waals surface area contributed by atoms with Gasteiger partial charge in [-0.2, -0.15) is 0 Å². The molecule has 0 fully saturated rings. The summed E-state index contributed by atoms with van der Waals surface area (Å²) in [6.45, 7) is 2.15. The molecule has 22 heavy (non-hydrogen) atoms. The van der Waals surface area contributed by atoms with Crippen LogP contribution in [-0.2, 0) is 34.5 Å². The average Bonchev–Trinajstić information content (AvgIpc) is 3.06. The summed E-state index contributed by atoms with van der Waals surface area (Å²) in [6, 6.07) is 11.2. The van der Waals surface area contributed by atoms with E-state index in [2.05, 4.69) is 5.32 Å². The molecule has 0 spiro atoms. The first-order valence-corrected chi connectivity index (χ1v) is 9.22. The maximum absolute atomic E-state index is 12.3. The number of benzene rings is 1. The van der Waals surface area contributed by atoms with E-state index in [1.54, 1.807) is 30.4 Å². The van der Waals surface area contributed by atoms with Gasteiger partial charge in [-0.15, -0.1) is 11.3 Å². The smallest absolute Gasteiger partial charge is 0.235 e. The number of hydrogen-bond acceptors (Lipinski definition) is 4. The van der Waals surface area contributed by atoms with Crippen LogP contribution in [0.4, 0.5) is 0 Å². The van der Waals surface area contributed by atoms with Gasteiger partial charge in [0.15, 0.2) is 0 Å². The van der Waals surface area contributed by atoms with Crippen LogP contribution in [0, 0.1) is 0 Å². The van der Waals surface area contributed by atoms with Gasteiger partial charge in [-0.1, -0.05) is 30.3 Å². The molecule has 2 unspecified atom stereocenters. The lowest BCUT2D eigenvalue weighted by Gasteiger charge is -2.12. The lowest BCUT2D eigenvalue weighted by molar-refractivity contribution is -0.120. The van der Waals surface area contributed by atoms with Crippen molar-refractivity contribution >= 4 is 28.0 Å². The summed E-state index contributed by atoms with van der Waals surface area (Å²) in [6.07, 6.45) is 0. The molecule has 1 aromatic heterocycles. The number of nitrogens with one attached hydrogen (secondary N) is 1. The van der Waals surface area contributed by atoms with Gasteiger partial charge in [0.1, 0.15) is 5.25 Å². The first-order valence-electron chi connectivity index (χ1n) is 6.96. The highest BCUT2D eigenvalue weighted by atomic mass is 32.2. The van der Waals surface area contributed by atoms with E-state index in [-0.39, 0.29) is 12.5 Å². The van der Waals surface area contributed by atoms with Crippen molar-refractivity contribution in [2.75, 3.05) is 0 Å². The number of amides is 1. The molecule has 2 atom stereocenters. The topological polar surface area (TPSA) is 66.4 Å². The van der Waals surface area contributed by atoms with E-state index in [0.717, 1.165) is 16.0 Å². The van der Waals surface area contributed by atoms with Crippen LogP contribution >= 0.6 is 11.3 Å². The maximum atomic E-state index is 12.3. The molecule has 0 saturated heterocycles. The molecular weight excluding hydrogens is 318 g/mol. The molecule has 0 bridgehead atoms. The van der Waals surface area contributed by atoms with Crippen molar-refractivity contribution in [1.82, 2.24) is 5.32 Å². The molecule has 6 heteroatoms. The Hall–Kier alpha value is -1.50. The molecule has 0 radical (unpaired) electrons. The standard InChI is InChI=1S/C16H19NO3S2/c1-12(16(19)17-9-15-3-2-8-21-15)22(20)11-14-6-4-13(10-18)5-7-14/h2-8,12,18H,9-11H2,1H3,(H,17,19). The summed E-state index contributed by atoms with van der Waals surface area (Å²) >= 11 is 1.58. The van der Waals surface area contributed by atoms with E-state index in [1.807, 2.05) is 29.6 Å². The normalized spacial score (nSPS) is 13.5. The minimum Gasteiger partial charge on any atom is -0.392 e. The summed E-state index contributed by atoms with van der Waals surface area (Å²) in [5.74, 6) is 0.137. The second kappa shape index (κ2) is 8.22. The van der Waals surface area contributed by atoms with Crippen molar-refractivity contribution < 1.29 is 14.1 Å². The number of hydrogen-bond donors (Lipinski definition) is 2. The molecular formula is C16H19NO3S2. The summed E-state index contributed by atoms with van der Waals surface area (Å²) in [7, 11) is -1.27. The summed E-state index contributed by atoms with van der Waals surface area (Å²) in [4.78, 5) is 13.1. The molecule has 4 nitrogen and oxygen atoms in total. The Morgan fingerprint density at radius 1 is 1.27 bits per heavy atom. The molecule has 0 aliphatic carbocycles. The number of thiophene rings is 1. The number of aliphatic hydroxyl groups is 1. The minimum absolute atomic E-state index is 0.00903. The molecule has 1 amide bonds. The zero-order chi connectivity index (χ0) is 15.9. The average molecular weight is 337 g/mol. The summed E-state index contributed by atoms with van der Waals surface area (Å²) in [5, 5.41) is 13.2. The first kappa shape index (κ1) is 16.9. The third-order valence-corrected chi connectivity index (χ3v) is 5.79. The lowest BCUT2D eigenvalue weighted by atomic mass is 10.2. The van der Waals surface area contributed by atoms with Crippen LogP contribution in [0.1, 0.15) is 22.9 Å². The molecule has 0 saturated carbocycles. The number of carbonyl (C=O) groups is 1. The first-order chi connectivity index (χ1) is 10.6. The van der Waals surface area contributed by atoms with Crippen molar-refractivity contribution in [3.8, 4) is 0 Å². The Morgan fingerprint density at radius 2 is 1.95 bits per heavy atom. The van der Waals surface area contributed by atoms with Crippen LogP contribution in [-0.4, -0.2) is 20.5 Å². The second-order valence-electron chi connectivity index (χ2n) is 4.94. The summed E-state index contributed by atoms with van der Waals surface area (Å²) < 4.78 is 12.3. The quantitative estimate of drug-likeness (QED) is 0.814. The Labute approximate surface area is 136 Å². The Kier molecular flexibility index (Phi) is 6.30. The Bertz CT molecular complexity index is 623. The number of rotatable bonds is 7. The van der Waals surface area contributed by atoms with Crippen LogP contribution in [0.2, 0.25) is 0 Å². The lowest BCUT2D eigenvalue weighted by Crippen LogP contribution is -2.35. The van der Waals surface area contributed by atoms with E-state index < -0.39 is 16.0 Å². The van der Waals surface area contributed by atoms with Crippen LogP contribution in [0.25, 0.3) is 0 Å². The van der Waals surface area contributed by atoms with Gasteiger partial charge in [-0.05, 0) is 29.5 Å². The van der Waals surface area contributed by atoms with Gasteiger partial charge in [-0.3, -0.25) is 9.00 Å². The van der Waals surface area contributed by atoms with Crippen molar-refractivity contribution in [3.05, 3.63) is 57.8 Å². The van der Waals surface area contributed by atoms with E-state index in [0.29, 0.717) is 12.3 Å². The third-order valence-electron chi connectivity index (χ3n) is 3.29. The zero-order valence-electron chi connectivity index (χ0n) is 12.3. The van der Waals surface area contributed by atoms with Gasteiger partial charge >= 0.3 is 0 Å². The maximum Gasteiger partial charge on any atom is 0.235 e. The molecule has 1 aromatic carbocycles. The fourth-order valence-electron chi connectivity index (χ4n) is 1.88. The van der Waals surface area contributed by atoms with Crippen molar-refractivity contribution in [3.63, 3.8) is 0 Å². The fourth-order valence-corrected chi connectivity index (χ4v) is 3.62. The molecule has 1 heterocycles. The van der Waals surface area contributed by atoms with Gasteiger partial charge in [-0.25, -0.2) is 0 Å². The van der Waals surface area contributed by atoms with Crippen molar-refractivity contribution in [2.45, 2.75) is 31.1 Å². The van der Waals surface area contributed by atoms with Crippen molar-refractivity contribution in [1.29, 1.82) is 0 Å². The van der Waals surface area contributed by atoms with Gasteiger partial charge < -0.3 is 10.4 Å². The van der Waals surface area contributed by atoms with Gasteiger partial charge in [0.25, 0.3) is 0 Å². The third kappa shape index (κ3) is 4.76. The predicted molar refractivity (Wildman–Crippen MR) is 89.8 cm³/mol. The zero-order valence-corrected chi connectivity index (χ0v) is 14.0. The van der Waals surface area contributed by atoms with E-state index >= 15 is 0 Å². The second-order valence-corrected chi connectivity index (χ2v) is 7.73. The fraction of sp³-hybridized carbons (Fsp3) is 0.312. The largest absolute Gasteiger partial charge is 0.392 e. The van der Waals surface area contributed by atoms with E-state index in [1.165, 1.54) is 0 Å². The number of carbonyl (C=O) groups excluding carboxylic acids is 1. The highest BCUT2D eigenvalue weighted by Crippen LogP contribution is 2.11. The number of aliphatic hydroxyl groups excluding tert-OH is 1. The molecule has 0 aliphatic rings. The molecule has 0 aliphatic heterocycles. The van der Waals surface area contributed by atoms with Gasteiger partial charge in [0.05, 0.1) is 13.2 Å². The highest BCUT2D eigenvalue weighted by molar-refractivity contribution is 7.85. The SMILES string of the molecule is CC(C(=O)NCc1cccs1)S(=O)Cc1ccc(CO)cc1. The predicted octanol–water partition coefficient (Wildman–Crippen LogP) is 2.19. The van der Waals surface area contributed by atoms with Crippen molar-refractivity contribution in [2.24, 2.45) is 0 Å². The van der Waals surface area contributed by atoms with Crippen LogP contribution in [0.5, 0.6) is 0 Å². The van der Waals surface area contributed by atoms with Crippen LogP contribution in [0.15, 0.2) is 41.8 Å².